The van der Waals surface area contributed by atoms with Crippen LogP contribution in [0.5, 0.6) is 5.75 Å². The largest absolute Gasteiger partial charge is 0.493 e. The Bertz CT molecular complexity index is 364. The van der Waals surface area contributed by atoms with Gasteiger partial charge in [0.05, 0.1) is 12.2 Å². The number of rotatable bonds is 4. The molecule has 0 bridgehead atoms. The van der Waals surface area contributed by atoms with Crippen LogP contribution in [0.4, 0.5) is 13.2 Å². The third-order valence-corrected chi connectivity index (χ3v) is 1.71. The van der Waals surface area contributed by atoms with Gasteiger partial charge in [-0.05, 0) is 19.1 Å². The molecule has 0 radical (unpaired) electrons. The number of carbonyl (C=O) groups is 1. The Kier molecular flexibility index (Phi) is 3.71. The normalized spacial score (nSPS) is 10.5. The molecular formula is C10H9F3O2. The average molecular weight is 218 g/mol. The van der Waals surface area contributed by atoms with Gasteiger partial charge in [-0.1, -0.05) is 0 Å². The molecule has 0 saturated carbocycles. The van der Waals surface area contributed by atoms with Gasteiger partial charge in [0.25, 0.3) is 0 Å². The van der Waals surface area contributed by atoms with Crippen LogP contribution in [0.1, 0.15) is 17.3 Å². The van der Waals surface area contributed by atoms with Crippen LogP contribution in [0.25, 0.3) is 0 Å². The van der Waals surface area contributed by atoms with Crippen LogP contribution in [0.2, 0.25) is 0 Å². The van der Waals surface area contributed by atoms with Gasteiger partial charge < -0.3 is 4.74 Å². The minimum atomic E-state index is -3.12. The summed E-state index contributed by atoms with van der Waals surface area (Å²) in [4.78, 5) is 11.0. The van der Waals surface area contributed by atoms with E-state index in [0.717, 1.165) is 18.2 Å². The molecule has 2 nitrogen and oxygen atoms in total. The van der Waals surface area contributed by atoms with Gasteiger partial charge in [-0.25, -0.2) is 13.2 Å². The zero-order valence-corrected chi connectivity index (χ0v) is 7.97. The first-order valence-electron chi connectivity index (χ1n) is 4.31. The molecule has 0 spiro atoms. The molecule has 15 heavy (non-hydrogen) atoms. The fraction of sp³-hybridized carbons (Fsp3) is 0.300. The molecule has 0 N–H and O–H groups in total. The van der Waals surface area contributed by atoms with Crippen molar-refractivity contribution < 1.29 is 22.7 Å². The third-order valence-electron chi connectivity index (χ3n) is 1.71. The molecule has 0 heterocycles. The second kappa shape index (κ2) is 4.82. The Hall–Kier alpha value is -1.52. The van der Waals surface area contributed by atoms with E-state index in [1.807, 2.05) is 0 Å². The highest BCUT2D eigenvalue weighted by atomic mass is 19.3. The highest BCUT2D eigenvalue weighted by Gasteiger charge is 2.22. The van der Waals surface area contributed by atoms with E-state index in [4.69, 9.17) is 4.74 Å². The number of Topliss-reactive ketones (excluding diaryl/α,β-unsaturated/α-hetero) is 1. The lowest BCUT2D eigenvalue weighted by atomic mass is 10.1. The summed E-state index contributed by atoms with van der Waals surface area (Å²) in [5.41, 5.74) is -0.298. The summed E-state index contributed by atoms with van der Waals surface area (Å²) in [7, 11) is 0. The van der Waals surface area contributed by atoms with Gasteiger partial charge in [0.15, 0.2) is 0 Å². The molecule has 82 valence electrons. The van der Waals surface area contributed by atoms with Crippen LogP contribution in [0.15, 0.2) is 18.2 Å². The third kappa shape index (κ3) is 2.71. The molecule has 0 aliphatic rings. The van der Waals surface area contributed by atoms with E-state index in [0.29, 0.717) is 0 Å². The van der Waals surface area contributed by atoms with Crippen molar-refractivity contribution in [2.45, 2.75) is 13.3 Å². The molecule has 5 heteroatoms. The maximum Gasteiger partial charge on any atom is 0.300 e. The summed E-state index contributed by atoms with van der Waals surface area (Å²) in [6.07, 6.45) is -3.12. The SMILES string of the molecule is CCOc1cc(F)ccc1C(=O)C(F)F. The van der Waals surface area contributed by atoms with Gasteiger partial charge in [-0.15, -0.1) is 0 Å². The Morgan fingerprint density at radius 3 is 2.67 bits per heavy atom. The van der Waals surface area contributed by atoms with E-state index in [1.165, 1.54) is 0 Å². The van der Waals surface area contributed by atoms with Gasteiger partial charge in [0.2, 0.25) is 5.78 Å². The molecule has 1 aromatic rings. The lowest BCUT2D eigenvalue weighted by molar-refractivity contribution is 0.0674. The quantitative estimate of drug-likeness (QED) is 0.726. The summed E-state index contributed by atoms with van der Waals surface area (Å²) in [6.45, 7) is 1.79. The molecule has 1 aromatic carbocycles. The average Bonchev–Trinajstić information content (AvgIpc) is 2.17. The maximum absolute atomic E-state index is 12.8. The van der Waals surface area contributed by atoms with E-state index in [1.54, 1.807) is 6.92 Å². The standard InChI is InChI=1S/C10H9F3O2/c1-2-15-8-5-6(11)3-4-7(8)9(14)10(12)13/h3-5,10H,2H2,1H3. The van der Waals surface area contributed by atoms with Crippen LogP contribution in [0.3, 0.4) is 0 Å². The van der Waals surface area contributed by atoms with Gasteiger partial charge in [0, 0.05) is 6.07 Å². The fourth-order valence-corrected chi connectivity index (χ4v) is 1.09. The molecule has 0 aromatic heterocycles. The molecule has 0 aliphatic carbocycles. The molecule has 0 amide bonds. The van der Waals surface area contributed by atoms with Crippen LogP contribution in [0, 0.1) is 5.82 Å². The highest BCUT2D eigenvalue weighted by Crippen LogP contribution is 2.22. The number of benzene rings is 1. The highest BCUT2D eigenvalue weighted by molar-refractivity contribution is 6.00. The van der Waals surface area contributed by atoms with E-state index in [9.17, 15) is 18.0 Å². The monoisotopic (exact) mass is 218 g/mol. The lowest BCUT2D eigenvalue weighted by Gasteiger charge is -2.08. The van der Waals surface area contributed by atoms with Gasteiger partial charge in [0.1, 0.15) is 11.6 Å². The number of carbonyl (C=O) groups excluding carboxylic acids is 1. The summed E-state index contributed by atoms with van der Waals surface area (Å²) in [6, 6.07) is 2.85. The van der Waals surface area contributed by atoms with Crippen LogP contribution < -0.4 is 4.74 Å². The van der Waals surface area contributed by atoms with Crippen molar-refractivity contribution in [3.8, 4) is 5.75 Å². The Morgan fingerprint density at radius 1 is 1.47 bits per heavy atom. The predicted octanol–water partition coefficient (Wildman–Crippen LogP) is 2.67. The maximum atomic E-state index is 12.8. The minimum Gasteiger partial charge on any atom is -0.493 e. The summed E-state index contributed by atoms with van der Waals surface area (Å²) in [5, 5.41) is 0. The number of ether oxygens (including phenoxy) is 1. The zero-order chi connectivity index (χ0) is 11.4. The van der Waals surface area contributed by atoms with E-state index < -0.39 is 18.0 Å². The minimum absolute atomic E-state index is 0.150. The van der Waals surface area contributed by atoms with Crippen molar-refractivity contribution in [2.75, 3.05) is 6.61 Å². The van der Waals surface area contributed by atoms with Gasteiger partial charge in [-0.3, -0.25) is 4.79 Å². The topological polar surface area (TPSA) is 26.3 Å². The summed E-state index contributed by atoms with van der Waals surface area (Å²) >= 11 is 0. The Balaban J connectivity index is 3.10. The Labute approximate surface area is 84.7 Å². The van der Waals surface area contributed by atoms with Crippen molar-refractivity contribution in [1.82, 2.24) is 0 Å². The first-order valence-corrected chi connectivity index (χ1v) is 4.31. The van der Waals surface area contributed by atoms with E-state index in [-0.39, 0.29) is 17.9 Å². The molecule has 0 unspecified atom stereocenters. The molecule has 0 atom stereocenters. The predicted molar refractivity (Wildman–Crippen MR) is 47.9 cm³/mol. The van der Waals surface area contributed by atoms with Crippen LogP contribution in [-0.2, 0) is 0 Å². The van der Waals surface area contributed by atoms with Gasteiger partial charge in [-0.2, -0.15) is 0 Å². The van der Waals surface area contributed by atoms with E-state index >= 15 is 0 Å². The molecule has 1 rings (SSSR count). The first kappa shape index (κ1) is 11.6. The fourth-order valence-electron chi connectivity index (χ4n) is 1.09. The smallest absolute Gasteiger partial charge is 0.300 e. The molecule has 0 aliphatic heterocycles. The van der Waals surface area contributed by atoms with Crippen LogP contribution in [-0.4, -0.2) is 18.8 Å². The zero-order valence-electron chi connectivity index (χ0n) is 7.97. The van der Waals surface area contributed by atoms with Crippen molar-refractivity contribution >= 4 is 5.78 Å². The number of alkyl halides is 2. The second-order valence-corrected chi connectivity index (χ2v) is 2.74. The number of ketones is 1. The summed E-state index contributed by atoms with van der Waals surface area (Å²) in [5.74, 6) is -2.15. The number of hydrogen-bond donors (Lipinski definition) is 0. The molecule has 0 saturated heterocycles. The molecular weight excluding hydrogens is 209 g/mol. The number of hydrogen-bond acceptors (Lipinski definition) is 2. The lowest BCUT2D eigenvalue weighted by Crippen LogP contribution is -2.12. The summed E-state index contributed by atoms with van der Waals surface area (Å²) < 4.78 is 41.9. The number of halogens is 3. The molecule has 0 fully saturated rings. The van der Waals surface area contributed by atoms with Crippen LogP contribution >= 0.6 is 0 Å². The van der Waals surface area contributed by atoms with Crippen molar-refractivity contribution in [3.63, 3.8) is 0 Å². The second-order valence-electron chi connectivity index (χ2n) is 2.74. The van der Waals surface area contributed by atoms with E-state index in [2.05, 4.69) is 0 Å². The van der Waals surface area contributed by atoms with Gasteiger partial charge >= 0.3 is 6.43 Å². The first-order chi connectivity index (χ1) is 7.06. The Morgan fingerprint density at radius 2 is 2.13 bits per heavy atom. The van der Waals surface area contributed by atoms with Crippen molar-refractivity contribution in [1.29, 1.82) is 0 Å². The van der Waals surface area contributed by atoms with Crippen molar-refractivity contribution in [3.05, 3.63) is 29.6 Å². The van der Waals surface area contributed by atoms with Crippen molar-refractivity contribution in [2.24, 2.45) is 0 Å².